The number of methoxy groups -OCH3 is 1. The Bertz CT molecular complexity index is 1110. The highest BCUT2D eigenvalue weighted by molar-refractivity contribution is 6.02. The van der Waals surface area contributed by atoms with Gasteiger partial charge in [-0.15, -0.1) is 0 Å². The third-order valence-electron chi connectivity index (χ3n) is 8.99. The van der Waals surface area contributed by atoms with E-state index < -0.39 is 29.6 Å². The molecule has 0 radical (unpaired) electrons. The number of nitrogens with zero attached hydrogens (tertiary/aromatic N) is 2. The molecule has 10 nitrogen and oxygen atoms in total. The molecule has 4 aliphatic heterocycles. The lowest BCUT2D eigenvalue weighted by Gasteiger charge is -2.35. The number of carbonyl (C=O) groups is 3. The van der Waals surface area contributed by atoms with Crippen LogP contribution in [0.3, 0.4) is 0 Å². The number of carbonyl (C=O) groups excluding carboxylic acids is 3. The van der Waals surface area contributed by atoms with Crippen LogP contribution in [-0.4, -0.2) is 97.8 Å². The molecule has 1 aromatic rings. The fraction of sp³-hybridized carbons (Fsp3) is 0.621. The van der Waals surface area contributed by atoms with Crippen molar-refractivity contribution >= 4 is 23.4 Å². The van der Waals surface area contributed by atoms with E-state index in [1.807, 2.05) is 12.2 Å². The summed E-state index contributed by atoms with van der Waals surface area (Å²) in [5.74, 6) is -1.43. The summed E-state index contributed by atoms with van der Waals surface area (Å²) >= 11 is 0. The standard InChI is InChI=1S/C29H38N4O6/c1-37-21-9-7-20(8-10-21)30-26(34)23-22-11-12-29(39-22)24(23)28(36)33(14-13-32-15-17-38-18-16-32)25(29)27(35)31-19-5-3-2-4-6-19/h7-12,19,22-25H,2-6,13-18H2,1H3,(H,30,34)(H,31,35)/t22-,23-,24-,25-,29-/m0/s1. The zero-order valence-corrected chi connectivity index (χ0v) is 22.5. The number of hydrogen-bond donors (Lipinski definition) is 2. The molecule has 1 aliphatic carbocycles. The lowest BCUT2D eigenvalue weighted by atomic mass is 9.74. The molecule has 5 atom stereocenters. The molecule has 6 rings (SSSR count). The van der Waals surface area contributed by atoms with Crippen LogP contribution in [0.25, 0.3) is 0 Å². The van der Waals surface area contributed by atoms with E-state index in [0.717, 1.165) is 38.8 Å². The maximum Gasteiger partial charge on any atom is 0.246 e. The third-order valence-corrected chi connectivity index (χ3v) is 8.99. The van der Waals surface area contributed by atoms with Gasteiger partial charge in [-0.2, -0.15) is 0 Å². The Hall–Kier alpha value is -2.95. The van der Waals surface area contributed by atoms with Crippen molar-refractivity contribution < 1.29 is 28.6 Å². The number of amides is 3. The van der Waals surface area contributed by atoms with E-state index in [9.17, 15) is 14.4 Å². The van der Waals surface area contributed by atoms with Crippen LogP contribution in [0.1, 0.15) is 32.1 Å². The van der Waals surface area contributed by atoms with E-state index >= 15 is 0 Å². The summed E-state index contributed by atoms with van der Waals surface area (Å²) in [6.07, 6.45) is 8.44. The molecule has 39 heavy (non-hydrogen) atoms. The first-order chi connectivity index (χ1) is 19.0. The van der Waals surface area contributed by atoms with Crippen LogP contribution >= 0.6 is 0 Å². The fourth-order valence-corrected chi connectivity index (χ4v) is 7.01. The van der Waals surface area contributed by atoms with Crippen LogP contribution in [0.15, 0.2) is 36.4 Å². The van der Waals surface area contributed by atoms with Gasteiger partial charge in [0.15, 0.2) is 0 Å². The third kappa shape index (κ3) is 4.83. The lowest BCUT2D eigenvalue weighted by molar-refractivity contribution is -0.141. The molecular weight excluding hydrogens is 500 g/mol. The maximum absolute atomic E-state index is 14.1. The van der Waals surface area contributed by atoms with E-state index in [1.54, 1.807) is 36.3 Å². The van der Waals surface area contributed by atoms with Gasteiger partial charge < -0.3 is 29.7 Å². The van der Waals surface area contributed by atoms with Crippen LogP contribution in [0, 0.1) is 11.8 Å². The summed E-state index contributed by atoms with van der Waals surface area (Å²) in [6.45, 7) is 3.94. The molecule has 0 unspecified atom stereocenters. The lowest BCUT2D eigenvalue weighted by Crippen LogP contribution is -2.57. The second-order valence-corrected chi connectivity index (χ2v) is 11.2. The zero-order chi connectivity index (χ0) is 27.0. The topological polar surface area (TPSA) is 109 Å². The second kappa shape index (κ2) is 10.9. The Kier molecular flexibility index (Phi) is 7.35. The van der Waals surface area contributed by atoms with E-state index in [1.165, 1.54) is 6.42 Å². The minimum Gasteiger partial charge on any atom is -0.497 e. The van der Waals surface area contributed by atoms with Crippen molar-refractivity contribution in [1.29, 1.82) is 0 Å². The van der Waals surface area contributed by atoms with Gasteiger partial charge in [0.1, 0.15) is 17.4 Å². The first-order valence-corrected chi connectivity index (χ1v) is 14.2. The van der Waals surface area contributed by atoms with Crippen molar-refractivity contribution in [3.63, 3.8) is 0 Å². The Balaban J connectivity index is 1.25. The van der Waals surface area contributed by atoms with Gasteiger partial charge in [-0.1, -0.05) is 31.4 Å². The summed E-state index contributed by atoms with van der Waals surface area (Å²) in [6, 6.07) is 6.37. The summed E-state index contributed by atoms with van der Waals surface area (Å²) in [7, 11) is 1.59. The van der Waals surface area contributed by atoms with Gasteiger partial charge in [-0.25, -0.2) is 0 Å². The molecule has 4 heterocycles. The highest BCUT2D eigenvalue weighted by Crippen LogP contribution is 2.55. The summed E-state index contributed by atoms with van der Waals surface area (Å²) < 4.78 is 17.1. The van der Waals surface area contributed by atoms with Crippen LogP contribution in [0.2, 0.25) is 0 Å². The average Bonchev–Trinajstić information content (AvgIpc) is 3.60. The number of likely N-dealkylation sites (tertiary alicyclic amines) is 1. The number of rotatable bonds is 8. The summed E-state index contributed by atoms with van der Waals surface area (Å²) in [4.78, 5) is 45.5. The molecule has 1 spiro atoms. The van der Waals surface area contributed by atoms with Crippen molar-refractivity contribution in [3.8, 4) is 5.75 Å². The maximum atomic E-state index is 14.1. The van der Waals surface area contributed by atoms with E-state index in [0.29, 0.717) is 37.7 Å². The predicted molar refractivity (Wildman–Crippen MR) is 143 cm³/mol. The molecular formula is C29H38N4O6. The van der Waals surface area contributed by atoms with Crippen LogP contribution < -0.4 is 15.4 Å². The summed E-state index contributed by atoms with van der Waals surface area (Å²) in [5.41, 5.74) is -0.532. The molecule has 3 saturated heterocycles. The molecule has 3 amide bonds. The minimum absolute atomic E-state index is 0.106. The Morgan fingerprint density at radius 1 is 1.05 bits per heavy atom. The number of ether oxygens (including phenoxy) is 3. The van der Waals surface area contributed by atoms with E-state index in [-0.39, 0.29) is 23.8 Å². The Labute approximate surface area is 229 Å². The molecule has 2 bridgehead atoms. The largest absolute Gasteiger partial charge is 0.497 e. The van der Waals surface area contributed by atoms with Crippen molar-refractivity contribution in [3.05, 3.63) is 36.4 Å². The quantitative estimate of drug-likeness (QED) is 0.484. The van der Waals surface area contributed by atoms with Gasteiger partial charge in [0.25, 0.3) is 0 Å². The number of anilines is 1. The van der Waals surface area contributed by atoms with Gasteiger partial charge in [0.2, 0.25) is 17.7 Å². The first kappa shape index (κ1) is 26.3. The predicted octanol–water partition coefficient (Wildman–Crippen LogP) is 1.57. The van der Waals surface area contributed by atoms with Crippen molar-refractivity contribution in [2.24, 2.45) is 11.8 Å². The monoisotopic (exact) mass is 538 g/mol. The highest BCUT2D eigenvalue weighted by Gasteiger charge is 2.72. The van der Waals surface area contributed by atoms with Crippen molar-refractivity contribution in [2.45, 2.75) is 55.9 Å². The smallest absolute Gasteiger partial charge is 0.246 e. The molecule has 10 heteroatoms. The van der Waals surface area contributed by atoms with Gasteiger partial charge >= 0.3 is 0 Å². The van der Waals surface area contributed by atoms with Crippen molar-refractivity contribution in [2.75, 3.05) is 51.8 Å². The molecule has 1 saturated carbocycles. The normalized spacial score (nSPS) is 32.3. The number of benzene rings is 1. The number of nitrogens with one attached hydrogen (secondary N) is 2. The number of morpholine rings is 1. The van der Waals surface area contributed by atoms with Crippen molar-refractivity contribution in [1.82, 2.24) is 15.1 Å². The van der Waals surface area contributed by atoms with Crippen LogP contribution in [0.4, 0.5) is 5.69 Å². The van der Waals surface area contributed by atoms with Crippen LogP contribution in [0.5, 0.6) is 5.75 Å². The Morgan fingerprint density at radius 3 is 2.51 bits per heavy atom. The average molecular weight is 539 g/mol. The minimum atomic E-state index is -1.15. The van der Waals surface area contributed by atoms with Gasteiger partial charge in [-0.05, 0) is 37.1 Å². The second-order valence-electron chi connectivity index (χ2n) is 11.2. The molecule has 210 valence electrons. The first-order valence-electron chi connectivity index (χ1n) is 14.2. The molecule has 2 N–H and O–H groups in total. The van der Waals surface area contributed by atoms with Gasteiger partial charge in [0.05, 0.1) is 38.3 Å². The number of hydrogen-bond acceptors (Lipinski definition) is 7. The zero-order valence-electron chi connectivity index (χ0n) is 22.5. The summed E-state index contributed by atoms with van der Waals surface area (Å²) in [5, 5.41) is 6.20. The highest BCUT2D eigenvalue weighted by atomic mass is 16.5. The molecule has 1 aromatic carbocycles. The molecule has 4 fully saturated rings. The fourth-order valence-electron chi connectivity index (χ4n) is 7.01. The molecule has 0 aromatic heterocycles. The van der Waals surface area contributed by atoms with E-state index in [4.69, 9.17) is 14.2 Å². The Morgan fingerprint density at radius 2 is 1.79 bits per heavy atom. The SMILES string of the molecule is COc1ccc(NC(=O)[C@H]2[C@@H]3C=C[C@]4(O3)[C@@H]2C(=O)N(CCN2CCOCC2)[C@H]4C(=O)NC2CCCCC2)cc1. The van der Waals surface area contributed by atoms with Gasteiger partial charge in [0, 0.05) is 37.9 Å². The van der Waals surface area contributed by atoms with Crippen LogP contribution in [-0.2, 0) is 23.9 Å². The van der Waals surface area contributed by atoms with Gasteiger partial charge in [-0.3, -0.25) is 19.3 Å². The van der Waals surface area contributed by atoms with E-state index in [2.05, 4.69) is 15.5 Å². The number of fused-ring (bicyclic) bond motifs is 1. The molecule has 5 aliphatic rings.